The molecule has 1 aromatic rings. The zero-order valence-corrected chi connectivity index (χ0v) is 18.1. The number of benzene rings is 1. The van der Waals surface area contributed by atoms with E-state index in [-0.39, 0.29) is 29.7 Å². The fourth-order valence-corrected chi connectivity index (χ4v) is 3.65. The minimum Gasteiger partial charge on any atom is -0.493 e. The van der Waals surface area contributed by atoms with Gasteiger partial charge in [-0.15, -0.1) is 0 Å². The van der Waals surface area contributed by atoms with Crippen LogP contribution in [0.1, 0.15) is 57.3 Å². The zero-order valence-electron chi connectivity index (χ0n) is 18.1. The van der Waals surface area contributed by atoms with Gasteiger partial charge < -0.3 is 19.5 Å². The molecule has 0 aliphatic heterocycles. The highest BCUT2D eigenvalue weighted by molar-refractivity contribution is 5.96. The van der Waals surface area contributed by atoms with Gasteiger partial charge in [0.05, 0.1) is 24.7 Å². The number of ether oxygens (including phenoxy) is 3. The van der Waals surface area contributed by atoms with E-state index < -0.39 is 28.6 Å². The van der Waals surface area contributed by atoms with Gasteiger partial charge in [0.2, 0.25) is 0 Å². The van der Waals surface area contributed by atoms with E-state index in [9.17, 15) is 19.7 Å². The molecule has 0 spiro atoms. The Hall–Kier alpha value is -2.84. The summed E-state index contributed by atoms with van der Waals surface area (Å²) in [7, 11) is 1.35. The smallest absolute Gasteiger partial charge is 0.346 e. The molecule has 4 atom stereocenters. The lowest BCUT2D eigenvalue weighted by Gasteiger charge is -2.35. The second-order valence-corrected chi connectivity index (χ2v) is 7.64. The van der Waals surface area contributed by atoms with Crippen LogP contribution in [0, 0.1) is 22.0 Å². The number of nitrogens with one attached hydrogen (secondary N) is 1. The van der Waals surface area contributed by atoms with Crippen molar-refractivity contribution in [3.8, 4) is 11.5 Å². The largest absolute Gasteiger partial charge is 0.493 e. The number of carbonyl (C=O) groups excluding carboxylic acids is 2. The molecule has 166 valence electrons. The van der Waals surface area contributed by atoms with E-state index in [0.29, 0.717) is 11.8 Å². The molecule has 1 aliphatic rings. The first kappa shape index (κ1) is 23.4. The molecule has 1 saturated carbocycles. The number of methoxy groups -OCH3 is 1. The molecule has 2 rings (SSSR count). The van der Waals surface area contributed by atoms with Crippen LogP contribution in [-0.4, -0.2) is 42.7 Å². The number of hydrogen-bond acceptors (Lipinski definition) is 7. The van der Waals surface area contributed by atoms with E-state index in [1.165, 1.54) is 20.1 Å². The van der Waals surface area contributed by atoms with Gasteiger partial charge in [-0.05, 0) is 32.1 Å². The van der Waals surface area contributed by atoms with Crippen molar-refractivity contribution in [2.45, 2.75) is 59.1 Å². The van der Waals surface area contributed by atoms with E-state index in [4.69, 9.17) is 14.2 Å². The Bertz CT molecular complexity index is 796. The van der Waals surface area contributed by atoms with Crippen LogP contribution in [0.2, 0.25) is 0 Å². The van der Waals surface area contributed by atoms with Gasteiger partial charge in [0.25, 0.3) is 11.6 Å². The predicted octanol–water partition coefficient (Wildman–Crippen LogP) is 3.49. The van der Waals surface area contributed by atoms with Gasteiger partial charge in [0, 0.05) is 12.1 Å². The molecule has 9 heteroatoms. The van der Waals surface area contributed by atoms with E-state index >= 15 is 0 Å². The summed E-state index contributed by atoms with van der Waals surface area (Å²) in [6.07, 6.45) is 1.93. The summed E-state index contributed by atoms with van der Waals surface area (Å²) in [5.74, 6) is -0.262. The van der Waals surface area contributed by atoms with Crippen molar-refractivity contribution in [3.05, 3.63) is 27.8 Å². The fourth-order valence-electron chi connectivity index (χ4n) is 3.65. The van der Waals surface area contributed by atoms with Crippen LogP contribution in [0.3, 0.4) is 0 Å². The predicted molar refractivity (Wildman–Crippen MR) is 110 cm³/mol. The summed E-state index contributed by atoms with van der Waals surface area (Å²) in [4.78, 5) is 35.9. The molecule has 0 heterocycles. The van der Waals surface area contributed by atoms with Crippen molar-refractivity contribution >= 4 is 17.6 Å². The lowest BCUT2D eigenvalue weighted by Crippen LogP contribution is -2.47. The SMILES string of the molecule is CCOc1cc(C(=O)O[C@@H](C)C(=O)N[C@H]2CCC[C@H](C)[C@@H]2C)c([N+](=O)[O-])cc1OC. The molecule has 0 unspecified atom stereocenters. The topological polar surface area (TPSA) is 117 Å². The second kappa shape index (κ2) is 10.3. The van der Waals surface area contributed by atoms with Crippen molar-refractivity contribution in [2.24, 2.45) is 11.8 Å². The summed E-state index contributed by atoms with van der Waals surface area (Å²) < 4.78 is 15.7. The lowest BCUT2D eigenvalue weighted by atomic mass is 9.78. The van der Waals surface area contributed by atoms with Gasteiger partial charge in [0.1, 0.15) is 5.56 Å². The Kier molecular flexibility index (Phi) is 8.02. The molecule has 0 radical (unpaired) electrons. The van der Waals surface area contributed by atoms with Crippen molar-refractivity contribution in [3.63, 3.8) is 0 Å². The maximum Gasteiger partial charge on any atom is 0.346 e. The highest BCUT2D eigenvalue weighted by Gasteiger charge is 2.32. The first-order valence-electron chi connectivity index (χ1n) is 10.2. The zero-order chi connectivity index (χ0) is 22.4. The van der Waals surface area contributed by atoms with Crippen molar-refractivity contribution in [2.75, 3.05) is 13.7 Å². The van der Waals surface area contributed by atoms with Gasteiger partial charge in [-0.25, -0.2) is 4.79 Å². The molecule has 30 heavy (non-hydrogen) atoms. The number of amides is 1. The van der Waals surface area contributed by atoms with Crippen molar-refractivity contribution in [1.82, 2.24) is 5.32 Å². The summed E-state index contributed by atoms with van der Waals surface area (Å²) >= 11 is 0. The minimum atomic E-state index is -1.10. The third-order valence-corrected chi connectivity index (χ3v) is 5.69. The molecule has 0 saturated heterocycles. The van der Waals surface area contributed by atoms with E-state index in [1.54, 1.807) is 6.92 Å². The van der Waals surface area contributed by atoms with Crippen LogP contribution < -0.4 is 14.8 Å². The lowest BCUT2D eigenvalue weighted by molar-refractivity contribution is -0.385. The van der Waals surface area contributed by atoms with Crippen LogP contribution in [0.15, 0.2) is 12.1 Å². The molecular weight excluding hydrogens is 392 g/mol. The van der Waals surface area contributed by atoms with E-state index in [0.717, 1.165) is 25.3 Å². The van der Waals surface area contributed by atoms with Crippen LogP contribution in [0.4, 0.5) is 5.69 Å². The Morgan fingerprint density at radius 3 is 2.57 bits per heavy atom. The van der Waals surface area contributed by atoms with Gasteiger partial charge in [-0.2, -0.15) is 0 Å². The third kappa shape index (κ3) is 5.40. The number of rotatable bonds is 8. The third-order valence-electron chi connectivity index (χ3n) is 5.69. The molecular formula is C21H30N2O7. The normalized spacial score (nSPS) is 22.0. The number of hydrogen-bond donors (Lipinski definition) is 1. The van der Waals surface area contributed by atoms with Crippen LogP contribution in [0.5, 0.6) is 11.5 Å². The number of nitrogens with zero attached hydrogens (tertiary/aromatic N) is 1. The van der Waals surface area contributed by atoms with E-state index in [2.05, 4.69) is 19.2 Å². The molecule has 1 fully saturated rings. The fraction of sp³-hybridized carbons (Fsp3) is 0.619. The summed E-state index contributed by atoms with van der Waals surface area (Å²) in [5, 5.41) is 14.4. The average Bonchev–Trinajstić information content (AvgIpc) is 2.70. The van der Waals surface area contributed by atoms with Crippen molar-refractivity contribution < 1.29 is 28.7 Å². The Morgan fingerprint density at radius 1 is 1.27 bits per heavy atom. The number of esters is 1. The number of nitro benzene ring substituents is 1. The number of carbonyl (C=O) groups is 2. The highest BCUT2D eigenvalue weighted by Crippen LogP contribution is 2.35. The van der Waals surface area contributed by atoms with E-state index in [1.807, 2.05) is 0 Å². The summed E-state index contributed by atoms with van der Waals surface area (Å²) in [5.41, 5.74) is -0.786. The Balaban J connectivity index is 2.16. The molecule has 9 nitrogen and oxygen atoms in total. The highest BCUT2D eigenvalue weighted by atomic mass is 16.6. The molecule has 1 N–H and O–H groups in total. The first-order valence-corrected chi connectivity index (χ1v) is 10.2. The molecule has 1 aromatic carbocycles. The van der Waals surface area contributed by atoms with Crippen LogP contribution >= 0.6 is 0 Å². The number of nitro groups is 1. The average molecular weight is 422 g/mol. The van der Waals surface area contributed by atoms with Crippen LogP contribution in [-0.2, 0) is 9.53 Å². The maximum absolute atomic E-state index is 12.6. The standard InChI is InChI=1S/C21H30N2O7/c1-6-29-19-10-15(17(23(26)27)11-18(19)28-5)21(25)30-14(4)20(24)22-16-9-7-8-12(2)13(16)3/h10-14,16H,6-9H2,1-5H3,(H,22,24)/t12-,13-,14-,16-/m0/s1. The van der Waals surface area contributed by atoms with Gasteiger partial charge >= 0.3 is 5.97 Å². The monoisotopic (exact) mass is 422 g/mol. The molecule has 0 bridgehead atoms. The summed E-state index contributed by atoms with van der Waals surface area (Å²) in [6, 6.07) is 2.33. The second-order valence-electron chi connectivity index (χ2n) is 7.64. The van der Waals surface area contributed by atoms with Crippen molar-refractivity contribution in [1.29, 1.82) is 0 Å². The molecule has 0 aromatic heterocycles. The minimum absolute atomic E-state index is 0.0160. The summed E-state index contributed by atoms with van der Waals surface area (Å²) in [6.45, 7) is 7.72. The van der Waals surface area contributed by atoms with Gasteiger partial charge in [0.15, 0.2) is 17.6 Å². The molecule has 1 aliphatic carbocycles. The van der Waals surface area contributed by atoms with Gasteiger partial charge in [-0.3, -0.25) is 14.9 Å². The maximum atomic E-state index is 12.6. The molecule has 1 amide bonds. The first-order chi connectivity index (χ1) is 14.2. The Morgan fingerprint density at radius 2 is 1.97 bits per heavy atom. The Labute approximate surface area is 176 Å². The van der Waals surface area contributed by atoms with Gasteiger partial charge in [-0.1, -0.05) is 26.7 Å². The quantitative estimate of drug-likeness (QED) is 0.387. The van der Waals surface area contributed by atoms with Crippen LogP contribution in [0.25, 0.3) is 0 Å².